The molecule has 1 heterocycles. The molecule has 2 aromatic rings. The van der Waals surface area contributed by atoms with E-state index < -0.39 is 23.5 Å². The van der Waals surface area contributed by atoms with E-state index in [1.807, 2.05) is 5.32 Å². The summed E-state index contributed by atoms with van der Waals surface area (Å²) in [5.41, 5.74) is 0.295. The summed E-state index contributed by atoms with van der Waals surface area (Å²) < 4.78 is 5.04. The number of nitrogens with one attached hydrogen (secondary N) is 1. The van der Waals surface area contributed by atoms with Crippen LogP contribution >= 0.6 is 23.2 Å². The average Bonchev–Trinajstić information content (AvgIpc) is 2.55. The van der Waals surface area contributed by atoms with Crippen LogP contribution in [0.15, 0.2) is 22.6 Å². The van der Waals surface area contributed by atoms with Gasteiger partial charge in [-0.3, -0.25) is 5.32 Å². The molecule has 6 nitrogen and oxygen atoms in total. The summed E-state index contributed by atoms with van der Waals surface area (Å²) in [4.78, 5) is 10.5. The lowest BCUT2D eigenvalue weighted by Crippen LogP contribution is -2.06. The topological polar surface area (TPSA) is 103 Å². The van der Waals surface area contributed by atoms with Gasteiger partial charge in [-0.05, 0) is 18.2 Å². The maximum absolute atomic E-state index is 10.5. The Morgan fingerprint density at radius 3 is 2.21 bits per heavy atom. The van der Waals surface area contributed by atoms with Gasteiger partial charge in [-0.25, -0.2) is 4.79 Å². The lowest BCUT2D eigenvalue weighted by Gasteiger charge is -2.00. The fraction of sp³-hybridized carbons (Fsp3) is 0. The van der Waals surface area contributed by atoms with Crippen LogP contribution in [0.2, 0.25) is 10.0 Å². The van der Waals surface area contributed by atoms with Crippen LogP contribution in [0.5, 0.6) is 11.5 Å². The van der Waals surface area contributed by atoms with Gasteiger partial charge in [0.15, 0.2) is 5.76 Å². The SMILES string of the molecule is O=C(O)Nc1oc(-c2cc(Cl)cc(Cl)c2)c(O)c1O. The van der Waals surface area contributed by atoms with Crippen molar-refractivity contribution in [2.24, 2.45) is 0 Å². The Morgan fingerprint density at radius 2 is 1.68 bits per heavy atom. The highest BCUT2D eigenvalue weighted by Crippen LogP contribution is 2.45. The molecule has 0 aliphatic heterocycles. The largest absolute Gasteiger partial charge is 0.502 e. The molecule has 1 aromatic heterocycles. The minimum atomic E-state index is -1.44. The number of amides is 1. The summed E-state index contributed by atoms with van der Waals surface area (Å²) in [5.74, 6) is -1.96. The summed E-state index contributed by atoms with van der Waals surface area (Å²) >= 11 is 11.6. The molecule has 0 atom stereocenters. The zero-order valence-corrected chi connectivity index (χ0v) is 10.7. The first-order valence-electron chi connectivity index (χ1n) is 4.89. The minimum absolute atomic E-state index is 0.148. The Morgan fingerprint density at radius 1 is 1.11 bits per heavy atom. The second-order valence-corrected chi connectivity index (χ2v) is 4.42. The highest BCUT2D eigenvalue weighted by Gasteiger charge is 2.22. The van der Waals surface area contributed by atoms with Crippen molar-refractivity contribution >= 4 is 35.2 Å². The Labute approximate surface area is 116 Å². The lowest BCUT2D eigenvalue weighted by molar-refractivity contribution is 0.209. The Kier molecular flexibility index (Phi) is 3.46. The van der Waals surface area contributed by atoms with Crippen molar-refractivity contribution in [2.45, 2.75) is 0 Å². The zero-order chi connectivity index (χ0) is 14.2. The third-order valence-corrected chi connectivity index (χ3v) is 2.64. The molecule has 8 heteroatoms. The van der Waals surface area contributed by atoms with Crippen molar-refractivity contribution in [3.05, 3.63) is 28.2 Å². The predicted octanol–water partition coefficient (Wildman–Crippen LogP) is 3.75. The first-order chi connectivity index (χ1) is 8.88. The van der Waals surface area contributed by atoms with Gasteiger partial charge >= 0.3 is 6.09 Å². The van der Waals surface area contributed by atoms with E-state index in [-0.39, 0.29) is 5.76 Å². The summed E-state index contributed by atoms with van der Waals surface area (Å²) in [5, 5.41) is 30.2. The third kappa shape index (κ3) is 2.69. The van der Waals surface area contributed by atoms with E-state index in [0.29, 0.717) is 15.6 Å². The molecule has 0 unspecified atom stereocenters. The second kappa shape index (κ2) is 4.91. The van der Waals surface area contributed by atoms with Gasteiger partial charge in [0, 0.05) is 15.6 Å². The molecular formula is C11H7Cl2NO5. The van der Waals surface area contributed by atoms with Crippen LogP contribution in [-0.4, -0.2) is 21.4 Å². The summed E-state index contributed by atoms with van der Waals surface area (Å²) in [7, 11) is 0. The first-order valence-corrected chi connectivity index (χ1v) is 5.65. The maximum Gasteiger partial charge on any atom is 0.411 e. The number of furan rings is 1. The molecule has 0 bridgehead atoms. The molecule has 0 spiro atoms. The van der Waals surface area contributed by atoms with E-state index in [2.05, 4.69) is 0 Å². The number of carboxylic acid groups (broad SMARTS) is 1. The molecule has 4 N–H and O–H groups in total. The molecule has 2 rings (SSSR count). The predicted molar refractivity (Wildman–Crippen MR) is 69.1 cm³/mol. The van der Waals surface area contributed by atoms with Crippen LogP contribution in [0.3, 0.4) is 0 Å². The van der Waals surface area contributed by atoms with E-state index in [4.69, 9.17) is 32.7 Å². The Hall–Kier alpha value is -2.05. The van der Waals surface area contributed by atoms with E-state index in [0.717, 1.165) is 0 Å². The van der Waals surface area contributed by atoms with Gasteiger partial charge < -0.3 is 19.7 Å². The van der Waals surface area contributed by atoms with E-state index >= 15 is 0 Å². The molecule has 100 valence electrons. The quantitative estimate of drug-likeness (QED) is 0.676. The fourth-order valence-electron chi connectivity index (χ4n) is 1.48. The number of aromatic hydroxyl groups is 2. The summed E-state index contributed by atoms with van der Waals surface area (Å²) in [6.45, 7) is 0. The maximum atomic E-state index is 10.5. The summed E-state index contributed by atoms with van der Waals surface area (Å²) in [6.07, 6.45) is -1.44. The Balaban J connectivity index is 2.53. The number of benzene rings is 1. The van der Waals surface area contributed by atoms with Gasteiger partial charge in [0.05, 0.1) is 0 Å². The number of hydrogen-bond acceptors (Lipinski definition) is 4. The first kappa shape index (κ1) is 13.4. The van der Waals surface area contributed by atoms with Gasteiger partial charge in [-0.15, -0.1) is 0 Å². The molecule has 1 amide bonds. The van der Waals surface area contributed by atoms with Crippen molar-refractivity contribution in [1.82, 2.24) is 0 Å². The van der Waals surface area contributed by atoms with Gasteiger partial charge in [0.25, 0.3) is 0 Å². The van der Waals surface area contributed by atoms with Crippen LogP contribution in [-0.2, 0) is 0 Å². The van der Waals surface area contributed by atoms with Crippen LogP contribution in [0.4, 0.5) is 10.7 Å². The van der Waals surface area contributed by atoms with E-state index in [1.54, 1.807) is 0 Å². The number of hydrogen-bond donors (Lipinski definition) is 4. The monoisotopic (exact) mass is 303 g/mol. The highest BCUT2D eigenvalue weighted by atomic mass is 35.5. The number of rotatable bonds is 2. The molecule has 0 radical (unpaired) electrons. The molecule has 0 saturated heterocycles. The van der Waals surface area contributed by atoms with Crippen molar-refractivity contribution in [3.63, 3.8) is 0 Å². The van der Waals surface area contributed by atoms with E-state index in [1.165, 1.54) is 18.2 Å². The van der Waals surface area contributed by atoms with Gasteiger partial charge in [0.2, 0.25) is 17.4 Å². The summed E-state index contributed by atoms with van der Waals surface area (Å²) in [6, 6.07) is 4.36. The molecular weight excluding hydrogens is 297 g/mol. The van der Waals surface area contributed by atoms with Crippen molar-refractivity contribution < 1.29 is 24.5 Å². The van der Waals surface area contributed by atoms with Crippen LogP contribution in [0.25, 0.3) is 11.3 Å². The van der Waals surface area contributed by atoms with Crippen LogP contribution < -0.4 is 5.32 Å². The molecule has 0 saturated carbocycles. The molecule has 0 fully saturated rings. The number of halogens is 2. The fourth-order valence-corrected chi connectivity index (χ4v) is 2.00. The smallest absolute Gasteiger partial charge is 0.411 e. The van der Waals surface area contributed by atoms with Crippen molar-refractivity contribution in [3.8, 4) is 22.8 Å². The minimum Gasteiger partial charge on any atom is -0.502 e. The van der Waals surface area contributed by atoms with E-state index in [9.17, 15) is 15.0 Å². The van der Waals surface area contributed by atoms with Gasteiger partial charge in [-0.1, -0.05) is 23.2 Å². The molecule has 1 aromatic carbocycles. The number of carbonyl (C=O) groups is 1. The van der Waals surface area contributed by atoms with Crippen molar-refractivity contribution in [1.29, 1.82) is 0 Å². The zero-order valence-electron chi connectivity index (χ0n) is 9.15. The van der Waals surface area contributed by atoms with Crippen LogP contribution in [0.1, 0.15) is 0 Å². The van der Waals surface area contributed by atoms with Gasteiger partial charge in [0.1, 0.15) is 0 Å². The Bertz CT molecular complexity index is 633. The molecule has 0 aliphatic carbocycles. The standard InChI is InChI=1S/C11H7Cl2NO5/c12-5-1-4(2-6(13)3-5)9-7(15)8(16)10(19-9)14-11(17)18/h1-3,14-16H,(H,17,18). The van der Waals surface area contributed by atoms with Crippen LogP contribution in [0, 0.1) is 0 Å². The second-order valence-electron chi connectivity index (χ2n) is 3.55. The van der Waals surface area contributed by atoms with Crippen molar-refractivity contribution in [2.75, 3.05) is 5.32 Å². The average molecular weight is 304 g/mol. The highest BCUT2D eigenvalue weighted by molar-refractivity contribution is 6.35. The lowest BCUT2D eigenvalue weighted by atomic mass is 10.1. The molecule has 0 aliphatic rings. The number of anilines is 1. The normalized spacial score (nSPS) is 10.4. The van der Waals surface area contributed by atoms with Gasteiger partial charge in [-0.2, -0.15) is 0 Å². The molecule has 19 heavy (non-hydrogen) atoms. The third-order valence-electron chi connectivity index (χ3n) is 2.20.